The summed E-state index contributed by atoms with van der Waals surface area (Å²) in [5.41, 5.74) is 1.55. The van der Waals surface area contributed by atoms with Crippen LogP contribution < -0.4 is 0 Å². The maximum absolute atomic E-state index is 14.1. The molecule has 0 spiro atoms. The minimum Gasteiger partial charge on any atom is -0.507 e. The molecule has 1 aromatic heterocycles. The first-order valence-electron chi connectivity index (χ1n) is 6.41. The van der Waals surface area contributed by atoms with Gasteiger partial charge >= 0.3 is 5.97 Å². The molecule has 0 aliphatic carbocycles. The summed E-state index contributed by atoms with van der Waals surface area (Å²) >= 11 is 2.07. The van der Waals surface area contributed by atoms with Gasteiger partial charge in [0.05, 0.1) is 11.2 Å². The zero-order valence-corrected chi connectivity index (χ0v) is 13.6. The summed E-state index contributed by atoms with van der Waals surface area (Å²) in [7, 11) is 1.76. The number of hydrogen-bond acceptors (Lipinski definition) is 2. The van der Waals surface area contributed by atoms with Crippen molar-refractivity contribution in [3.05, 3.63) is 51.3 Å². The third-order valence-electron chi connectivity index (χ3n) is 3.61. The molecule has 3 rings (SSSR count). The van der Waals surface area contributed by atoms with Crippen molar-refractivity contribution in [2.24, 2.45) is 7.05 Å². The molecule has 2 N–H and O–H groups in total. The zero-order valence-electron chi connectivity index (χ0n) is 11.5. The minimum absolute atomic E-state index is 0.170. The Kier molecular flexibility index (Phi) is 3.56. The van der Waals surface area contributed by atoms with Crippen molar-refractivity contribution in [2.75, 3.05) is 0 Å². The molecule has 0 aliphatic heterocycles. The van der Waals surface area contributed by atoms with Crippen molar-refractivity contribution in [2.45, 2.75) is 0 Å². The highest BCUT2D eigenvalue weighted by atomic mass is 127. The summed E-state index contributed by atoms with van der Waals surface area (Å²) in [6.45, 7) is 0. The van der Waals surface area contributed by atoms with Gasteiger partial charge in [-0.05, 0) is 40.8 Å². The van der Waals surface area contributed by atoms with Gasteiger partial charge in [0.15, 0.2) is 0 Å². The van der Waals surface area contributed by atoms with Crippen LogP contribution in [0, 0.1) is 9.39 Å². The number of benzene rings is 2. The van der Waals surface area contributed by atoms with Gasteiger partial charge < -0.3 is 14.8 Å². The highest BCUT2D eigenvalue weighted by Crippen LogP contribution is 2.37. The van der Waals surface area contributed by atoms with Crippen molar-refractivity contribution < 1.29 is 19.4 Å². The molecule has 0 amide bonds. The standard InChI is InChI=1S/C16H11FINO3/c1-19-12-7-13(20)10(16(21)22)6-9(12)14(18)15(19)8-4-2-3-5-11(8)17/h2-7,20H,1H3,(H,21,22). The average Bonchev–Trinajstić information content (AvgIpc) is 2.70. The normalized spacial score (nSPS) is 11.0. The van der Waals surface area contributed by atoms with Gasteiger partial charge in [-0.2, -0.15) is 0 Å². The molecule has 0 saturated heterocycles. The number of aromatic nitrogens is 1. The molecule has 1 heterocycles. The van der Waals surface area contributed by atoms with Crippen molar-refractivity contribution in [1.29, 1.82) is 0 Å². The monoisotopic (exact) mass is 411 g/mol. The lowest BCUT2D eigenvalue weighted by molar-refractivity contribution is 0.0694. The number of hydrogen-bond donors (Lipinski definition) is 2. The predicted molar refractivity (Wildman–Crippen MR) is 89.7 cm³/mol. The van der Waals surface area contributed by atoms with Gasteiger partial charge in [-0.15, -0.1) is 0 Å². The van der Waals surface area contributed by atoms with E-state index in [0.717, 1.165) is 3.57 Å². The van der Waals surface area contributed by atoms with Crippen LogP contribution >= 0.6 is 22.6 Å². The van der Waals surface area contributed by atoms with E-state index in [1.54, 1.807) is 29.8 Å². The summed E-state index contributed by atoms with van der Waals surface area (Å²) in [4.78, 5) is 11.2. The number of carbonyl (C=O) groups is 1. The van der Waals surface area contributed by atoms with Crippen LogP contribution in [0.15, 0.2) is 36.4 Å². The second-order valence-corrected chi connectivity index (χ2v) is 5.97. The second kappa shape index (κ2) is 5.28. The van der Waals surface area contributed by atoms with Gasteiger partial charge in [0.1, 0.15) is 17.1 Å². The van der Waals surface area contributed by atoms with Crippen molar-refractivity contribution in [3.8, 4) is 17.0 Å². The Morgan fingerprint density at radius 1 is 1.27 bits per heavy atom. The number of rotatable bonds is 2. The lowest BCUT2D eigenvalue weighted by Crippen LogP contribution is -1.97. The summed E-state index contributed by atoms with van der Waals surface area (Å²) in [5, 5.41) is 19.6. The lowest BCUT2D eigenvalue weighted by Gasteiger charge is -2.06. The molecule has 112 valence electrons. The van der Waals surface area contributed by atoms with Crippen LogP contribution in [0.3, 0.4) is 0 Å². The molecule has 0 atom stereocenters. The van der Waals surface area contributed by atoms with E-state index in [0.29, 0.717) is 22.2 Å². The molecule has 3 aromatic rings. The van der Waals surface area contributed by atoms with Crippen molar-refractivity contribution in [1.82, 2.24) is 4.57 Å². The molecule has 6 heteroatoms. The maximum Gasteiger partial charge on any atom is 0.339 e. The number of halogens is 2. The van der Waals surface area contributed by atoms with Crippen LogP contribution in [-0.4, -0.2) is 20.7 Å². The quantitative estimate of drug-likeness (QED) is 0.627. The number of aromatic carboxylic acids is 1. The SMILES string of the molecule is Cn1c(-c2ccccc2F)c(I)c2cc(C(=O)O)c(O)cc21. The Morgan fingerprint density at radius 2 is 1.95 bits per heavy atom. The fourth-order valence-corrected chi connectivity index (χ4v) is 3.63. The average molecular weight is 411 g/mol. The Morgan fingerprint density at radius 3 is 2.59 bits per heavy atom. The number of aromatic hydroxyl groups is 1. The summed E-state index contributed by atoms with van der Waals surface area (Å²) in [6, 6.07) is 9.21. The number of nitrogens with zero attached hydrogens (tertiary/aromatic N) is 1. The van der Waals surface area contributed by atoms with Gasteiger partial charge in [0.25, 0.3) is 0 Å². The highest BCUT2D eigenvalue weighted by Gasteiger charge is 2.20. The van der Waals surface area contributed by atoms with Crippen LogP contribution in [0.4, 0.5) is 4.39 Å². The molecule has 0 aliphatic rings. The predicted octanol–water partition coefficient (Wildman–Crippen LogP) is 3.99. The van der Waals surface area contributed by atoms with E-state index in [-0.39, 0.29) is 17.1 Å². The molecular formula is C16H11FINO3. The molecule has 0 fully saturated rings. The third-order valence-corrected chi connectivity index (χ3v) is 4.71. The van der Waals surface area contributed by atoms with Gasteiger partial charge in [-0.1, -0.05) is 12.1 Å². The van der Waals surface area contributed by atoms with Crippen LogP contribution in [0.2, 0.25) is 0 Å². The Bertz CT molecular complexity index is 917. The van der Waals surface area contributed by atoms with Crippen molar-refractivity contribution >= 4 is 39.5 Å². The molecule has 2 aromatic carbocycles. The largest absolute Gasteiger partial charge is 0.507 e. The summed E-state index contributed by atoms with van der Waals surface area (Å²) in [5.74, 6) is -1.86. The van der Waals surface area contributed by atoms with E-state index in [9.17, 15) is 14.3 Å². The van der Waals surface area contributed by atoms with Crippen LogP contribution in [0.1, 0.15) is 10.4 Å². The first kappa shape index (κ1) is 14.8. The van der Waals surface area contributed by atoms with E-state index >= 15 is 0 Å². The fourth-order valence-electron chi connectivity index (χ4n) is 2.55. The van der Waals surface area contributed by atoms with Crippen LogP contribution in [0.5, 0.6) is 5.75 Å². The number of aryl methyl sites for hydroxylation is 1. The van der Waals surface area contributed by atoms with Crippen LogP contribution in [-0.2, 0) is 7.05 Å². The highest BCUT2D eigenvalue weighted by molar-refractivity contribution is 14.1. The molecular weight excluding hydrogens is 400 g/mol. The first-order valence-corrected chi connectivity index (χ1v) is 7.48. The van der Waals surface area contributed by atoms with E-state index in [1.165, 1.54) is 18.2 Å². The third kappa shape index (κ3) is 2.14. The first-order chi connectivity index (χ1) is 10.4. The Hall–Kier alpha value is -2.09. The van der Waals surface area contributed by atoms with Crippen molar-refractivity contribution in [3.63, 3.8) is 0 Å². The lowest BCUT2D eigenvalue weighted by atomic mass is 10.1. The van der Waals surface area contributed by atoms with E-state index in [4.69, 9.17) is 5.11 Å². The van der Waals surface area contributed by atoms with E-state index in [1.807, 2.05) is 0 Å². The number of phenols is 1. The van der Waals surface area contributed by atoms with Gasteiger partial charge in [0, 0.05) is 27.6 Å². The molecule has 0 saturated carbocycles. The Balaban J connectivity index is 2.39. The fraction of sp³-hybridized carbons (Fsp3) is 0.0625. The zero-order chi connectivity index (χ0) is 16.0. The number of carboxylic acid groups (broad SMARTS) is 1. The molecule has 0 bridgehead atoms. The van der Waals surface area contributed by atoms with Gasteiger partial charge in [0.2, 0.25) is 0 Å². The summed E-state index contributed by atoms with van der Waals surface area (Å²) < 4.78 is 16.6. The van der Waals surface area contributed by atoms with E-state index in [2.05, 4.69) is 22.6 Å². The maximum atomic E-state index is 14.1. The molecule has 0 radical (unpaired) electrons. The number of carboxylic acids is 1. The Labute approximate surface area is 138 Å². The minimum atomic E-state index is -1.20. The van der Waals surface area contributed by atoms with E-state index < -0.39 is 5.97 Å². The molecule has 4 nitrogen and oxygen atoms in total. The van der Waals surface area contributed by atoms with Gasteiger partial charge in [-0.3, -0.25) is 0 Å². The smallest absolute Gasteiger partial charge is 0.339 e. The molecule has 0 unspecified atom stereocenters. The topological polar surface area (TPSA) is 62.5 Å². The van der Waals surface area contributed by atoms with Crippen LogP contribution in [0.25, 0.3) is 22.2 Å². The molecule has 22 heavy (non-hydrogen) atoms. The number of fused-ring (bicyclic) bond motifs is 1. The summed E-state index contributed by atoms with van der Waals surface area (Å²) in [6.07, 6.45) is 0. The second-order valence-electron chi connectivity index (χ2n) is 4.89. The van der Waals surface area contributed by atoms with Gasteiger partial charge in [-0.25, -0.2) is 9.18 Å².